The van der Waals surface area contributed by atoms with Crippen molar-refractivity contribution < 1.29 is 29.3 Å². The molecule has 0 atom stereocenters. The van der Waals surface area contributed by atoms with Gasteiger partial charge in [-0.15, -0.1) is 0 Å². The Balaban J connectivity index is -0.000000264. The Kier molecular flexibility index (Phi) is 17.8. The molecule has 0 aliphatic rings. The van der Waals surface area contributed by atoms with Crippen LogP contribution in [0.2, 0.25) is 0 Å². The van der Waals surface area contributed by atoms with E-state index in [2.05, 4.69) is 11.3 Å². The maximum atomic E-state index is 10.2. The van der Waals surface area contributed by atoms with Crippen molar-refractivity contribution in [3.63, 3.8) is 0 Å². The zero-order valence-corrected chi connectivity index (χ0v) is 14.8. The lowest BCUT2D eigenvalue weighted by molar-refractivity contribution is -0.136. The number of carboxylic acid groups (broad SMARTS) is 2. The minimum atomic E-state index is -0.865. The number of esters is 1. The SMILES string of the molecule is C=C(C)C(=O)OC.CC(C)CC=CC(=O)O.CC=C(C)C(=O)O. The molecule has 0 bridgehead atoms. The highest BCUT2D eigenvalue weighted by Crippen LogP contribution is 1.98. The van der Waals surface area contributed by atoms with Crippen LogP contribution in [-0.2, 0) is 19.1 Å². The Morgan fingerprint density at radius 2 is 1.65 bits per heavy atom. The average molecular weight is 328 g/mol. The number of carboxylic acids is 2. The van der Waals surface area contributed by atoms with Crippen LogP contribution < -0.4 is 0 Å². The van der Waals surface area contributed by atoms with E-state index in [1.165, 1.54) is 13.2 Å². The summed E-state index contributed by atoms with van der Waals surface area (Å²) in [5.41, 5.74) is 0.822. The number of carbonyl (C=O) groups is 3. The van der Waals surface area contributed by atoms with Crippen molar-refractivity contribution in [3.05, 3.63) is 36.0 Å². The third-order valence-electron chi connectivity index (χ3n) is 2.17. The molecule has 2 N–H and O–H groups in total. The first-order valence-corrected chi connectivity index (χ1v) is 6.98. The molecular weight excluding hydrogens is 300 g/mol. The van der Waals surface area contributed by atoms with Crippen LogP contribution in [0.4, 0.5) is 0 Å². The molecule has 0 saturated heterocycles. The first kappa shape index (κ1) is 25.6. The number of hydrogen-bond donors (Lipinski definition) is 2. The van der Waals surface area contributed by atoms with Crippen LogP contribution in [0.25, 0.3) is 0 Å². The van der Waals surface area contributed by atoms with E-state index in [0.717, 1.165) is 6.42 Å². The van der Waals surface area contributed by atoms with Gasteiger partial charge in [0.15, 0.2) is 0 Å². The van der Waals surface area contributed by atoms with Crippen molar-refractivity contribution in [2.75, 3.05) is 7.11 Å². The van der Waals surface area contributed by atoms with E-state index < -0.39 is 11.9 Å². The fraction of sp³-hybridized carbons (Fsp3) is 0.471. The largest absolute Gasteiger partial charge is 0.478 e. The number of rotatable bonds is 5. The van der Waals surface area contributed by atoms with E-state index >= 15 is 0 Å². The van der Waals surface area contributed by atoms with Crippen molar-refractivity contribution in [2.24, 2.45) is 5.92 Å². The van der Waals surface area contributed by atoms with Gasteiger partial charge in [0, 0.05) is 17.2 Å². The molecule has 0 spiro atoms. The molecule has 0 radical (unpaired) electrons. The first-order chi connectivity index (χ1) is 10.5. The minimum absolute atomic E-state index is 0.347. The molecule has 0 amide bonds. The maximum Gasteiger partial charge on any atom is 0.332 e. The van der Waals surface area contributed by atoms with Crippen LogP contribution >= 0.6 is 0 Å². The lowest BCUT2D eigenvalue weighted by atomic mass is 10.1. The van der Waals surface area contributed by atoms with Crippen LogP contribution in [0.3, 0.4) is 0 Å². The fourth-order valence-corrected chi connectivity index (χ4v) is 0.739. The van der Waals surface area contributed by atoms with Crippen LogP contribution in [-0.4, -0.2) is 35.2 Å². The second-order valence-electron chi connectivity index (χ2n) is 4.92. The van der Waals surface area contributed by atoms with Crippen LogP contribution in [0, 0.1) is 5.92 Å². The normalized spacial score (nSPS) is 10.1. The summed E-state index contributed by atoms with van der Waals surface area (Å²) < 4.78 is 4.27. The van der Waals surface area contributed by atoms with Crippen LogP contribution in [0.15, 0.2) is 36.0 Å². The minimum Gasteiger partial charge on any atom is -0.478 e. The van der Waals surface area contributed by atoms with E-state index in [1.807, 2.05) is 13.8 Å². The standard InChI is InChI=1S/C7H12O2.2C5H8O2/c1-6(2)4-3-5-7(8)9;1-4(2)5(6)7-3;1-3-4(2)5(6)7/h3,5-6H,4H2,1-2H3,(H,8,9);1H2,2-3H3;3H,1-2H3,(H,6,7). The van der Waals surface area contributed by atoms with Crippen molar-refractivity contribution in [1.29, 1.82) is 0 Å². The van der Waals surface area contributed by atoms with E-state index in [4.69, 9.17) is 10.2 Å². The van der Waals surface area contributed by atoms with E-state index in [-0.39, 0.29) is 5.97 Å². The second kappa shape index (κ2) is 16.0. The summed E-state index contributed by atoms with van der Waals surface area (Å²) >= 11 is 0. The number of carbonyl (C=O) groups excluding carboxylic acids is 1. The molecule has 0 heterocycles. The summed E-state index contributed by atoms with van der Waals surface area (Å²) in [7, 11) is 1.33. The zero-order chi connectivity index (χ0) is 19.0. The van der Waals surface area contributed by atoms with Gasteiger partial charge in [-0.25, -0.2) is 14.4 Å². The van der Waals surface area contributed by atoms with Gasteiger partial charge in [0.25, 0.3) is 0 Å². The lowest BCUT2D eigenvalue weighted by Gasteiger charge is -1.94. The zero-order valence-electron chi connectivity index (χ0n) is 14.8. The van der Waals surface area contributed by atoms with Crippen molar-refractivity contribution in [1.82, 2.24) is 0 Å². The van der Waals surface area contributed by atoms with E-state index in [0.29, 0.717) is 17.1 Å². The molecule has 0 aromatic heterocycles. The summed E-state index contributed by atoms with van der Waals surface area (Å²) in [5, 5.41) is 16.3. The summed E-state index contributed by atoms with van der Waals surface area (Å²) in [6.45, 7) is 12.3. The topological polar surface area (TPSA) is 101 Å². The molecule has 132 valence electrons. The Morgan fingerprint density at radius 3 is 1.78 bits per heavy atom. The highest BCUT2D eigenvalue weighted by molar-refractivity contribution is 5.86. The van der Waals surface area contributed by atoms with Gasteiger partial charge >= 0.3 is 17.9 Å². The molecule has 0 unspecified atom stereocenters. The Morgan fingerprint density at radius 1 is 1.17 bits per heavy atom. The maximum absolute atomic E-state index is 10.2. The molecule has 0 aromatic rings. The van der Waals surface area contributed by atoms with Gasteiger partial charge < -0.3 is 14.9 Å². The highest BCUT2D eigenvalue weighted by atomic mass is 16.5. The molecule has 0 aliphatic carbocycles. The van der Waals surface area contributed by atoms with Gasteiger partial charge in [0.2, 0.25) is 0 Å². The van der Waals surface area contributed by atoms with Gasteiger partial charge in [-0.05, 0) is 33.1 Å². The predicted molar refractivity (Wildman–Crippen MR) is 90.1 cm³/mol. The third-order valence-corrected chi connectivity index (χ3v) is 2.17. The van der Waals surface area contributed by atoms with Crippen LogP contribution in [0.1, 0.15) is 41.0 Å². The van der Waals surface area contributed by atoms with E-state index in [1.54, 1.807) is 32.9 Å². The summed E-state index contributed by atoms with van der Waals surface area (Å²) in [5.74, 6) is -1.52. The Hall–Kier alpha value is -2.37. The van der Waals surface area contributed by atoms with Crippen molar-refractivity contribution >= 4 is 17.9 Å². The quantitative estimate of drug-likeness (QED) is 0.592. The molecule has 0 aromatic carbocycles. The number of methoxy groups -OCH3 is 1. The van der Waals surface area contributed by atoms with Gasteiger partial charge in [0.05, 0.1) is 7.11 Å². The lowest BCUT2D eigenvalue weighted by Crippen LogP contribution is -1.98. The van der Waals surface area contributed by atoms with Gasteiger partial charge in [0.1, 0.15) is 0 Å². The summed E-state index contributed by atoms with van der Waals surface area (Å²) in [6, 6.07) is 0. The Labute approximate surface area is 138 Å². The molecule has 0 fully saturated rings. The fourth-order valence-electron chi connectivity index (χ4n) is 0.739. The second-order valence-corrected chi connectivity index (χ2v) is 4.92. The monoisotopic (exact) mass is 328 g/mol. The van der Waals surface area contributed by atoms with Gasteiger partial charge in [-0.2, -0.15) is 0 Å². The van der Waals surface area contributed by atoms with E-state index in [9.17, 15) is 14.4 Å². The number of aliphatic carboxylic acids is 2. The first-order valence-electron chi connectivity index (χ1n) is 6.98. The highest BCUT2D eigenvalue weighted by Gasteiger charge is 1.95. The molecule has 23 heavy (non-hydrogen) atoms. The van der Waals surface area contributed by atoms with Gasteiger partial charge in [-0.1, -0.05) is 32.6 Å². The predicted octanol–water partition coefficient (Wildman–Crippen LogP) is 3.45. The molecule has 6 nitrogen and oxygen atoms in total. The molecule has 0 saturated carbocycles. The number of ether oxygens (including phenoxy) is 1. The molecular formula is C17H28O6. The average Bonchev–Trinajstić information content (AvgIpc) is 2.45. The molecule has 6 heteroatoms. The molecule has 0 rings (SSSR count). The summed E-state index contributed by atoms with van der Waals surface area (Å²) in [6.07, 6.45) is 5.25. The van der Waals surface area contributed by atoms with Crippen molar-refractivity contribution in [3.8, 4) is 0 Å². The Bertz CT molecular complexity index is 444. The smallest absolute Gasteiger partial charge is 0.332 e. The number of allylic oxidation sites excluding steroid dienone is 2. The van der Waals surface area contributed by atoms with Crippen LogP contribution in [0.5, 0.6) is 0 Å². The van der Waals surface area contributed by atoms with Crippen molar-refractivity contribution in [2.45, 2.75) is 41.0 Å². The summed E-state index contributed by atoms with van der Waals surface area (Å²) in [4.78, 5) is 29.9. The van der Waals surface area contributed by atoms with Gasteiger partial charge in [-0.3, -0.25) is 0 Å². The third kappa shape index (κ3) is 25.0. The molecule has 0 aliphatic heterocycles. The number of hydrogen-bond acceptors (Lipinski definition) is 4.